The van der Waals surface area contributed by atoms with Gasteiger partial charge >= 0.3 is 0 Å². The number of aliphatic hydroxyl groups excluding tert-OH is 1. The number of aromatic amines is 1. The lowest BCUT2D eigenvalue weighted by Gasteiger charge is -2.28. The minimum Gasteiger partial charge on any atom is -0.509 e. The Morgan fingerprint density at radius 3 is 2.59 bits per heavy atom. The predicted octanol–water partition coefficient (Wildman–Crippen LogP) is 4.03. The molecule has 1 saturated heterocycles. The zero-order chi connectivity index (χ0) is 20.0. The van der Waals surface area contributed by atoms with Gasteiger partial charge in [-0.3, -0.25) is 5.41 Å². The Hall–Kier alpha value is -3.48. The summed E-state index contributed by atoms with van der Waals surface area (Å²) in [6, 6.07) is 13.0. The average molecular weight is 389 g/mol. The van der Waals surface area contributed by atoms with Crippen LogP contribution in [0.15, 0.2) is 48.2 Å². The number of hydrogen-bond acceptors (Lipinski definition) is 5. The molecule has 0 radical (unpaired) electrons. The molecule has 1 fully saturated rings. The van der Waals surface area contributed by atoms with Crippen molar-refractivity contribution in [3.05, 3.63) is 54.0 Å². The van der Waals surface area contributed by atoms with E-state index < -0.39 is 0 Å². The van der Waals surface area contributed by atoms with Gasteiger partial charge in [-0.2, -0.15) is 0 Å². The molecular formula is C22H23N5O2. The molecule has 7 nitrogen and oxygen atoms in total. The minimum absolute atomic E-state index is 0.0635. The molecule has 0 aliphatic carbocycles. The molecule has 0 bridgehead atoms. The molecule has 0 saturated carbocycles. The number of rotatable bonds is 3. The number of phenols is 1. The van der Waals surface area contributed by atoms with Gasteiger partial charge in [0.05, 0.1) is 28.8 Å². The number of amidine groups is 1. The number of aliphatic hydroxyl groups is 1. The van der Waals surface area contributed by atoms with Crippen LogP contribution in [0.3, 0.4) is 0 Å². The average Bonchev–Trinajstić information content (AvgIpc) is 3.28. The largest absolute Gasteiger partial charge is 0.509 e. The fourth-order valence-electron chi connectivity index (χ4n) is 4.19. The molecule has 4 N–H and O–H groups in total. The molecule has 2 aromatic carbocycles. The van der Waals surface area contributed by atoms with Crippen LogP contribution in [0.1, 0.15) is 25.1 Å². The standard InChI is InChI=1S/C22H23N5O2/c23-21-20(19(29)13-27(21)17-6-2-3-7-18(17)28)22-24-15-9-8-14(12-16(15)25-22)26-10-4-1-5-11-26/h2-3,6-9,12,23,28-29H,1,4-5,10-11,13H2,(H,24,25). The molecular weight excluding hydrogens is 366 g/mol. The summed E-state index contributed by atoms with van der Waals surface area (Å²) in [5.74, 6) is 0.714. The summed E-state index contributed by atoms with van der Waals surface area (Å²) in [6.45, 7) is 2.26. The quantitative estimate of drug-likeness (QED) is 0.542. The van der Waals surface area contributed by atoms with Gasteiger partial charge in [-0.15, -0.1) is 0 Å². The second-order valence-electron chi connectivity index (χ2n) is 7.58. The van der Waals surface area contributed by atoms with E-state index >= 15 is 0 Å². The van der Waals surface area contributed by atoms with E-state index in [-0.39, 0.29) is 23.9 Å². The molecule has 0 unspecified atom stereocenters. The van der Waals surface area contributed by atoms with Crippen molar-refractivity contribution in [3.63, 3.8) is 0 Å². The Labute approximate surface area is 168 Å². The highest BCUT2D eigenvalue weighted by Gasteiger charge is 2.32. The highest BCUT2D eigenvalue weighted by molar-refractivity contribution is 6.30. The molecule has 5 rings (SSSR count). The molecule has 3 aromatic rings. The zero-order valence-electron chi connectivity index (χ0n) is 16.0. The first kappa shape index (κ1) is 17.6. The number of aromatic hydroxyl groups is 1. The Bertz CT molecular complexity index is 1130. The van der Waals surface area contributed by atoms with Crippen molar-refractivity contribution in [2.75, 3.05) is 29.4 Å². The maximum absolute atomic E-state index is 10.6. The number of nitrogens with zero attached hydrogens (tertiary/aromatic N) is 3. The third-order valence-electron chi connectivity index (χ3n) is 5.70. The van der Waals surface area contributed by atoms with Crippen LogP contribution in [0.25, 0.3) is 16.6 Å². The van der Waals surface area contributed by atoms with Gasteiger partial charge in [0.25, 0.3) is 0 Å². The summed E-state index contributed by atoms with van der Waals surface area (Å²) >= 11 is 0. The van der Waals surface area contributed by atoms with E-state index in [9.17, 15) is 10.2 Å². The number of fused-ring (bicyclic) bond motifs is 1. The number of benzene rings is 2. The Kier molecular flexibility index (Phi) is 4.16. The lowest BCUT2D eigenvalue weighted by atomic mass is 10.1. The number of nitrogens with one attached hydrogen (secondary N) is 2. The summed E-state index contributed by atoms with van der Waals surface area (Å²) in [6.07, 6.45) is 3.72. The molecule has 0 amide bonds. The normalized spacial score (nSPS) is 17.6. The zero-order valence-corrected chi connectivity index (χ0v) is 16.0. The number of H-pyrrole nitrogens is 1. The molecule has 0 atom stereocenters. The van der Waals surface area contributed by atoms with Gasteiger partial charge in [0.15, 0.2) is 0 Å². The molecule has 3 heterocycles. The molecule has 0 spiro atoms. The summed E-state index contributed by atoms with van der Waals surface area (Å²) in [5, 5.41) is 29.3. The number of anilines is 2. The van der Waals surface area contributed by atoms with Crippen molar-refractivity contribution in [1.82, 2.24) is 9.97 Å². The van der Waals surface area contributed by atoms with Crippen molar-refractivity contribution in [2.45, 2.75) is 19.3 Å². The fraction of sp³-hybridized carbons (Fsp3) is 0.273. The molecule has 1 aromatic heterocycles. The maximum Gasteiger partial charge on any atom is 0.145 e. The van der Waals surface area contributed by atoms with E-state index in [1.165, 1.54) is 24.9 Å². The van der Waals surface area contributed by atoms with Crippen molar-refractivity contribution >= 4 is 33.8 Å². The van der Waals surface area contributed by atoms with Gasteiger partial charge in [-0.1, -0.05) is 12.1 Å². The number of para-hydroxylation sites is 2. The second kappa shape index (κ2) is 6.84. The van der Waals surface area contributed by atoms with E-state index in [0.717, 1.165) is 24.1 Å². The first-order valence-corrected chi connectivity index (χ1v) is 9.93. The van der Waals surface area contributed by atoms with Gasteiger partial charge < -0.3 is 25.0 Å². The van der Waals surface area contributed by atoms with E-state index in [0.29, 0.717) is 17.1 Å². The number of aromatic nitrogens is 2. The van der Waals surface area contributed by atoms with Crippen LogP contribution in [-0.4, -0.2) is 45.7 Å². The van der Waals surface area contributed by atoms with Crippen molar-refractivity contribution in [1.29, 1.82) is 5.41 Å². The fourth-order valence-corrected chi connectivity index (χ4v) is 4.19. The van der Waals surface area contributed by atoms with Crippen LogP contribution >= 0.6 is 0 Å². The van der Waals surface area contributed by atoms with E-state index in [1.807, 2.05) is 6.07 Å². The topological polar surface area (TPSA) is 99.5 Å². The van der Waals surface area contributed by atoms with Crippen LogP contribution in [0, 0.1) is 5.41 Å². The summed E-state index contributed by atoms with van der Waals surface area (Å²) in [4.78, 5) is 11.9. The van der Waals surface area contributed by atoms with Crippen LogP contribution in [0.2, 0.25) is 0 Å². The highest BCUT2D eigenvalue weighted by Crippen LogP contribution is 2.35. The second-order valence-corrected chi connectivity index (χ2v) is 7.58. The third-order valence-corrected chi connectivity index (χ3v) is 5.70. The Morgan fingerprint density at radius 2 is 1.79 bits per heavy atom. The molecule has 2 aliphatic heterocycles. The summed E-state index contributed by atoms with van der Waals surface area (Å²) < 4.78 is 0. The predicted molar refractivity (Wildman–Crippen MR) is 115 cm³/mol. The van der Waals surface area contributed by atoms with Crippen LogP contribution < -0.4 is 9.80 Å². The molecule has 148 valence electrons. The Morgan fingerprint density at radius 1 is 1.00 bits per heavy atom. The van der Waals surface area contributed by atoms with E-state index in [4.69, 9.17) is 5.41 Å². The lowest BCUT2D eigenvalue weighted by molar-refractivity contribution is 0.410. The minimum atomic E-state index is 0.0635. The monoisotopic (exact) mass is 389 g/mol. The van der Waals surface area contributed by atoms with Gasteiger partial charge in [-0.05, 0) is 49.6 Å². The van der Waals surface area contributed by atoms with Gasteiger partial charge in [0.2, 0.25) is 0 Å². The number of hydrogen-bond donors (Lipinski definition) is 4. The maximum atomic E-state index is 10.6. The number of phenolic OH excluding ortho intramolecular Hbond substituents is 1. The summed E-state index contributed by atoms with van der Waals surface area (Å²) in [7, 11) is 0. The first-order valence-electron chi connectivity index (χ1n) is 9.93. The first-order chi connectivity index (χ1) is 14.1. The van der Waals surface area contributed by atoms with E-state index in [1.54, 1.807) is 29.2 Å². The highest BCUT2D eigenvalue weighted by atomic mass is 16.3. The smallest absolute Gasteiger partial charge is 0.145 e. The van der Waals surface area contributed by atoms with Crippen molar-refractivity contribution < 1.29 is 10.2 Å². The molecule has 7 heteroatoms. The van der Waals surface area contributed by atoms with Crippen molar-refractivity contribution in [2.24, 2.45) is 0 Å². The molecule has 29 heavy (non-hydrogen) atoms. The van der Waals surface area contributed by atoms with Gasteiger partial charge in [0.1, 0.15) is 23.2 Å². The third kappa shape index (κ3) is 2.99. The van der Waals surface area contributed by atoms with Gasteiger partial charge in [-0.25, -0.2) is 4.98 Å². The van der Waals surface area contributed by atoms with Crippen LogP contribution in [0.4, 0.5) is 11.4 Å². The number of imidazole rings is 1. The molecule has 2 aliphatic rings. The van der Waals surface area contributed by atoms with Gasteiger partial charge in [0, 0.05) is 18.8 Å². The van der Waals surface area contributed by atoms with Crippen LogP contribution in [-0.2, 0) is 0 Å². The van der Waals surface area contributed by atoms with E-state index in [2.05, 4.69) is 27.0 Å². The Balaban J connectivity index is 1.47. The SMILES string of the molecule is N=C1C(c2nc3ccc(N4CCCCC4)cc3[nH]2)=C(O)CN1c1ccccc1O. The lowest BCUT2D eigenvalue weighted by Crippen LogP contribution is -2.29. The number of piperidine rings is 1. The van der Waals surface area contributed by atoms with Crippen molar-refractivity contribution in [3.8, 4) is 5.75 Å². The van der Waals surface area contributed by atoms with Crippen LogP contribution in [0.5, 0.6) is 5.75 Å². The summed E-state index contributed by atoms with van der Waals surface area (Å²) in [5.41, 5.74) is 3.71.